The van der Waals surface area contributed by atoms with Crippen molar-refractivity contribution in [3.63, 3.8) is 0 Å². The van der Waals surface area contributed by atoms with Crippen LogP contribution in [0.2, 0.25) is 0 Å². The third kappa shape index (κ3) is 2.97. The highest BCUT2D eigenvalue weighted by Crippen LogP contribution is 2.32. The van der Waals surface area contributed by atoms with E-state index in [1.165, 1.54) is 10.1 Å². The number of rotatable bonds is 1. The molecular formula is C19H17FS. The van der Waals surface area contributed by atoms with Crippen LogP contribution in [0.25, 0.3) is 10.1 Å². The van der Waals surface area contributed by atoms with Crippen molar-refractivity contribution >= 4 is 21.4 Å². The van der Waals surface area contributed by atoms with Crippen LogP contribution in [0.4, 0.5) is 4.39 Å². The second kappa shape index (κ2) is 5.55. The van der Waals surface area contributed by atoms with Gasteiger partial charge in [0, 0.05) is 28.8 Å². The lowest BCUT2D eigenvalue weighted by molar-refractivity contribution is 0.121. The molecule has 0 radical (unpaired) electrons. The van der Waals surface area contributed by atoms with Gasteiger partial charge in [-0.3, -0.25) is 0 Å². The molecule has 3 rings (SSSR count). The Balaban J connectivity index is 2.05. The highest BCUT2D eigenvalue weighted by Gasteiger charge is 2.27. The molecule has 1 aromatic carbocycles. The summed E-state index contributed by atoms with van der Waals surface area (Å²) in [4.78, 5) is 1.01. The summed E-state index contributed by atoms with van der Waals surface area (Å²) in [6.07, 6.45) is 2.09. The van der Waals surface area contributed by atoms with Gasteiger partial charge in [0.15, 0.2) is 0 Å². The molecule has 0 unspecified atom stereocenters. The molecule has 0 fully saturated rings. The van der Waals surface area contributed by atoms with Crippen LogP contribution in [0, 0.1) is 29.6 Å². The fraction of sp³-hybridized carbons (Fsp3) is 0.368. The molecule has 0 saturated carbocycles. The normalized spacial score (nSPS) is 18.1. The highest BCUT2D eigenvalue weighted by atomic mass is 32.1. The molecule has 1 atom stereocenters. The van der Waals surface area contributed by atoms with E-state index in [-0.39, 0.29) is 5.92 Å². The first kappa shape index (κ1) is 14.2. The predicted molar refractivity (Wildman–Crippen MR) is 88.1 cm³/mol. The Morgan fingerprint density at radius 3 is 2.81 bits per heavy atom. The van der Waals surface area contributed by atoms with Crippen LogP contribution in [0.15, 0.2) is 24.3 Å². The van der Waals surface area contributed by atoms with Crippen LogP contribution in [-0.4, -0.2) is 5.67 Å². The Bertz CT molecular complexity index is 784. The lowest BCUT2D eigenvalue weighted by Gasteiger charge is -2.24. The smallest absolute Gasteiger partial charge is 0.109 e. The van der Waals surface area contributed by atoms with Gasteiger partial charge in [-0.1, -0.05) is 41.9 Å². The minimum atomic E-state index is -1.20. The van der Waals surface area contributed by atoms with Crippen LogP contribution in [0.3, 0.4) is 0 Å². The minimum Gasteiger partial charge on any atom is -0.244 e. The molecule has 0 saturated heterocycles. The number of hydrogen-bond donors (Lipinski definition) is 0. The van der Waals surface area contributed by atoms with E-state index in [2.05, 4.69) is 35.8 Å². The predicted octanol–water partition coefficient (Wildman–Crippen LogP) is 5.15. The molecule has 0 spiro atoms. The lowest BCUT2D eigenvalue weighted by atomic mass is 9.86. The molecule has 2 heteroatoms. The van der Waals surface area contributed by atoms with Crippen molar-refractivity contribution in [3.8, 4) is 23.7 Å². The summed E-state index contributed by atoms with van der Waals surface area (Å²) in [7, 11) is 0. The van der Waals surface area contributed by atoms with E-state index in [1.807, 2.05) is 12.1 Å². The number of thiophene rings is 1. The molecule has 0 nitrogen and oxygen atoms in total. The van der Waals surface area contributed by atoms with Crippen molar-refractivity contribution in [2.75, 3.05) is 0 Å². The van der Waals surface area contributed by atoms with Crippen LogP contribution >= 0.6 is 11.3 Å². The monoisotopic (exact) mass is 296 g/mol. The maximum absolute atomic E-state index is 14.2. The molecule has 1 heterocycles. The number of hydrogen-bond acceptors (Lipinski definition) is 1. The Morgan fingerprint density at radius 1 is 1.19 bits per heavy atom. The Labute approximate surface area is 129 Å². The number of benzene rings is 1. The van der Waals surface area contributed by atoms with Gasteiger partial charge in [0.2, 0.25) is 0 Å². The average Bonchev–Trinajstić information content (AvgIpc) is 2.79. The molecule has 0 bridgehead atoms. The molecule has 1 aliphatic carbocycles. The lowest BCUT2D eigenvalue weighted by Crippen LogP contribution is -2.25. The zero-order chi connectivity index (χ0) is 14.9. The fourth-order valence-corrected chi connectivity index (χ4v) is 3.63. The molecule has 0 N–H and O–H groups in total. The summed E-state index contributed by atoms with van der Waals surface area (Å²) in [5.41, 5.74) is -0.153. The zero-order valence-electron chi connectivity index (χ0n) is 12.3. The molecule has 106 valence electrons. The largest absolute Gasteiger partial charge is 0.244 e. The highest BCUT2D eigenvalue weighted by molar-refractivity contribution is 7.19. The van der Waals surface area contributed by atoms with Gasteiger partial charge < -0.3 is 0 Å². The van der Waals surface area contributed by atoms with E-state index < -0.39 is 5.67 Å². The summed E-state index contributed by atoms with van der Waals surface area (Å²) >= 11 is 1.68. The standard InChI is InChI=1S/C19H17FS/c1-19(2,20)14-8-3-4-10-16-15-11-5-6-12-17(15)21-18(16)13-7-9-14/h5-6,11-12,14H,3,8-9H2,1-2H3/t14-/m1/s1. The summed E-state index contributed by atoms with van der Waals surface area (Å²) in [6, 6.07) is 8.27. The van der Waals surface area contributed by atoms with Crippen molar-refractivity contribution in [1.82, 2.24) is 0 Å². The van der Waals surface area contributed by atoms with E-state index in [1.54, 1.807) is 25.2 Å². The van der Waals surface area contributed by atoms with E-state index in [0.29, 0.717) is 6.42 Å². The zero-order valence-corrected chi connectivity index (χ0v) is 13.1. The quantitative estimate of drug-likeness (QED) is 0.638. The second-order valence-corrected chi connectivity index (χ2v) is 6.96. The van der Waals surface area contributed by atoms with Crippen molar-refractivity contribution in [2.45, 2.75) is 38.8 Å². The van der Waals surface area contributed by atoms with Crippen molar-refractivity contribution in [2.24, 2.45) is 5.92 Å². The second-order valence-electron chi connectivity index (χ2n) is 5.91. The summed E-state index contributed by atoms with van der Waals surface area (Å²) in [6.45, 7) is 3.28. The van der Waals surface area contributed by atoms with Gasteiger partial charge >= 0.3 is 0 Å². The third-order valence-corrected chi connectivity index (χ3v) is 5.03. The molecule has 1 aromatic heterocycles. The molecule has 2 aromatic rings. The SMILES string of the molecule is CC(C)(F)[C@H]1CC#Cc2sc3ccccc3c2C#CCC1. The Kier molecular flexibility index (Phi) is 3.75. The first-order valence-corrected chi connectivity index (χ1v) is 8.05. The van der Waals surface area contributed by atoms with Gasteiger partial charge in [0.1, 0.15) is 5.67 Å². The number of alkyl halides is 1. The molecule has 0 amide bonds. The van der Waals surface area contributed by atoms with Gasteiger partial charge in [-0.15, -0.1) is 11.3 Å². The van der Waals surface area contributed by atoms with Crippen LogP contribution < -0.4 is 0 Å². The Morgan fingerprint density at radius 2 is 2.00 bits per heavy atom. The number of fused-ring (bicyclic) bond motifs is 3. The fourth-order valence-electron chi connectivity index (χ4n) is 2.60. The Hall–Kier alpha value is -1.77. The summed E-state index contributed by atoms with van der Waals surface area (Å²) in [5, 5.41) is 1.18. The van der Waals surface area contributed by atoms with Gasteiger partial charge in [-0.05, 0) is 26.3 Å². The van der Waals surface area contributed by atoms with E-state index in [4.69, 9.17) is 0 Å². The average molecular weight is 296 g/mol. The first-order valence-electron chi connectivity index (χ1n) is 7.24. The van der Waals surface area contributed by atoms with Crippen LogP contribution in [-0.2, 0) is 0 Å². The van der Waals surface area contributed by atoms with E-state index in [9.17, 15) is 4.39 Å². The molecule has 0 aliphatic heterocycles. The summed E-state index contributed by atoms with van der Waals surface area (Å²) in [5.74, 6) is 12.8. The van der Waals surface area contributed by atoms with E-state index >= 15 is 0 Å². The van der Waals surface area contributed by atoms with Crippen LogP contribution in [0.1, 0.15) is 43.6 Å². The minimum absolute atomic E-state index is 0.0461. The van der Waals surface area contributed by atoms with Crippen molar-refractivity contribution < 1.29 is 4.39 Å². The molecule has 21 heavy (non-hydrogen) atoms. The topological polar surface area (TPSA) is 0 Å². The van der Waals surface area contributed by atoms with Crippen LogP contribution in [0.5, 0.6) is 0 Å². The number of halogens is 1. The molecular weight excluding hydrogens is 279 g/mol. The van der Waals surface area contributed by atoms with E-state index in [0.717, 1.165) is 23.3 Å². The van der Waals surface area contributed by atoms with Gasteiger partial charge in [0.25, 0.3) is 0 Å². The van der Waals surface area contributed by atoms with Gasteiger partial charge in [-0.2, -0.15) is 0 Å². The maximum Gasteiger partial charge on any atom is 0.109 e. The first-order chi connectivity index (χ1) is 10.1. The van der Waals surface area contributed by atoms with Crippen molar-refractivity contribution in [1.29, 1.82) is 0 Å². The third-order valence-electron chi connectivity index (χ3n) is 3.95. The van der Waals surface area contributed by atoms with Gasteiger partial charge in [0.05, 0.1) is 10.4 Å². The van der Waals surface area contributed by atoms with Gasteiger partial charge in [-0.25, -0.2) is 4.39 Å². The van der Waals surface area contributed by atoms with Crippen molar-refractivity contribution in [3.05, 3.63) is 34.7 Å². The maximum atomic E-state index is 14.2. The molecule has 1 aliphatic rings. The summed E-state index contributed by atoms with van der Waals surface area (Å²) < 4.78 is 15.4.